The zero-order valence-corrected chi connectivity index (χ0v) is 12.8. The van der Waals surface area contributed by atoms with Gasteiger partial charge in [0.2, 0.25) is 11.8 Å². The van der Waals surface area contributed by atoms with Crippen molar-refractivity contribution in [1.82, 2.24) is 5.32 Å². The molecule has 0 aromatic heterocycles. The second-order valence-corrected chi connectivity index (χ2v) is 5.53. The van der Waals surface area contributed by atoms with Crippen molar-refractivity contribution in [2.45, 2.75) is 38.6 Å². The van der Waals surface area contributed by atoms with E-state index in [9.17, 15) is 9.59 Å². The highest BCUT2D eigenvalue weighted by Gasteiger charge is 2.20. The van der Waals surface area contributed by atoms with E-state index in [4.69, 9.17) is 11.6 Å². The van der Waals surface area contributed by atoms with Crippen LogP contribution in [0.5, 0.6) is 0 Å². The molecule has 0 bridgehead atoms. The van der Waals surface area contributed by atoms with Crippen LogP contribution in [-0.4, -0.2) is 24.4 Å². The summed E-state index contributed by atoms with van der Waals surface area (Å²) in [5.74, 6) is -0.174. The Hall–Kier alpha value is -1.59. The summed E-state index contributed by atoms with van der Waals surface area (Å²) in [6.45, 7) is 2.45. The van der Waals surface area contributed by atoms with E-state index in [0.717, 1.165) is 0 Å². The molecular formula is C15H20ClN3O2. The molecule has 0 atom stereocenters. The number of nitrogens with one attached hydrogen (secondary N) is 3. The van der Waals surface area contributed by atoms with Gasteiger partial charge in [0.15, 0.2) is 0 Å². The maximum Gasteiger partial charge on any atom is 0.225 e. The van der Waals surface area contributed by atoms with Crippen molar-refractivity contribution >= 4 is 34.8 Å². The van der Waals surface area contributed by atoms with Gasteiger partial charge in [-0.15, -0.1) is 0 Å². The zero-order chi connectivity index (χ0) is 15.2. The highest BCUT2D eigenvalue weighted by molar-refractivity contribution is 6.33. The summed E-state index contributed by atoms with van der Waals surface area (Å²) >= 11 is 6.06. The van der Waals surface area contributed by atoms with Gasteiger partial charge in [-0.3, -0.25) is 9.59 Å². The summed E-state index contributed by atoms with van der Waals surface area (Å²) < 4.78 is 0. The molecule has 0 unspecified atom stereocenters. The summed E-state index contributed by atoms with van der Waals surface area (Å²) in [6, 6.07) is 5.63. The van der Waals surface area contributed by atoms with E-state index in [2.05, 4.69) is 16.0 Å². The van der Waals surface area contributed by atoms with Crippen molar-refractivity contribution in [3.05, 3.63) is 23.2 Å². The number of benzene rings is 1. The molecule has 21 heavy (non-hydrogen) atoms. The van der Waals surface area contributed by atoms with Gasteiger partial charge in [-0.25, -0.2) is 0 Å². The molecule has 0 saturated heterocycles. The van der Waals surface area contributed by atoms with Crippen LogP contribution in [0.4, 0.5) is 11.4 Å². The third kappa shape index (κ3) is 5.36. The first-order valence-electron chi connectivity index (χ1n) is 7.21. The van der Waals surface area contributed by atoms with E-state index < -0.39 is 0 Å². The highest BCUT2D eigenvalue weighted by Crippen LogP contribution is 2.26. The first kappa shape index (κ1) is 15.8. The number of carbonyl (C=O) groups excluding carboxylic acids is 2. The fraction of sp³-hybridized carbons (Fsp3) is 0.467. The number of hydrogen-bond donors (Lipinski definition) is 3. The minimum absolute atomic E-state index is 0.0803. The van der Waals surface area contributed by atoms with Crippen LogP contribution in [0.1, 0.15) is 32.6 Å². The third-order valence-corrected chi connectivity index (χ3v) is 3.54. The Labute approximate surface area is 129 Å². The van der Waals surface area contributed by atoms with Gasteiger partial charge in [-0.2, -0.15) is 0 Å². The first-order valence-corrected chi connectivity index (χ1v) is 7.59. The van der Waals surface area contributed by atoms with Crippen molar-refractivity contribution < 1.29 is 9.59 Å². The average Bonchev–Trinajstić information content (AvgIpc) is 3.26. The van der Waals surface area contributed by atoms with E-state index in [-0.39, 0.29) is 11.8 Å². The third-order valence-electron chi connectivity index (χ3n) is 3.21. The maximum absolute atomic E-state index is 11.9. The summed E-state index contributed by atoms with van der Waals surface area (Å²) in [5.41, 5.74) is 1.14. The highest BCUT2D eigenvalue weighted by atomic mass is 35.5. The molecule has 3 N–H and O–H groups in total. The van der Waals surface area contributed by atoms with Gasteiger partial charge >= 0.3 is 0 Å². The standard InChI is InChI=1S/C15H20ClN3O2/c1-2-14(20)18-11-5-6-12(16)13(9-11)19-15(21)7-8-17-10-3-4-10/h5-6,9-10,17H,2-4,7-8H2,1H3,(H,18,20)(H,19,21). The number of hydrogen-bond acceptors (Lipinski definition) is 3. The molecule has 1 fully saturated rings. The Balaban J connectivity index is 1.89. The number of rotatable bonds is 7. The van der Waals surface area contributed by atoms with E-state index >= 15 is 0 Å². The van der Waals surface area contributed by atoms with Crippen molar-refractivity contribution in [2.75, 3.05) is 17.2 Å². The fourth-order valence-corrected chi connectivity index (χ4v) is 2.00. The molecule has 1 aromatic rings. The van der Waals surface area contributed by atoms with Crippen molar-refractivity contribution in [2.24, 2.45) is 0 Å². The van der Waals surface area contributed by atoms with Crippen LogP contribution in [0, 0.1) is 0 Å². The van der Waals surface area contributed by atoms with E-state index in [1.807, 2.05) is 0 Å². The summed E-state index contributed by atoms with van der Waals surface area (Å²) in [5, 5.41) is 9.25. The molecular weight excluding hydrogens is 290 g/mol. The predicted octanol–water partition coefficient (Wildman–Crippen LogP) is 2.77. The van der Waals surface area contributed by atoms with Gasteiger partial charge in [-0.1, -0.05) is 18.5 Å². The van der Waals surface area contributed by atoms with Gasteiger partial charge < -0.3 is 16.0 Å². The zero-order valence-electron chi connectivity index (χ0n) is 12.0. The lowest BCUT2D eigenvalue weighted by atomic mass is 10.2. The van der Waals surface area contributed by atoms with Gasteiger partial charge in [0, 0.05) is 31.1 Å². The smallest absolute Gasteiger partial charge is 0.225 e. The van der Waals surface area contributed by atoms with Gasteiger partial charge in [-0.05, 0) is 31.0 Å². The molecule has 0 aliphatic heterocycles. The molecule has 0 spiro atoms. The number of amides is 2. The minimum Gasteiger partial charge on any atom is -0.326 e. The van der Waals surface area contributed by atoms with Crippen LogP contribution in [0.25, 0.3) is 0 Å². The summed E-state index contributed by atoms with van der Waals surface area (Å²) in [6.07, 6.45) is 3.20. The largest absolute Gasteiger partial charge is 0.326 e. The molecule has 0 heterocycles. The predicted molar refractivity (Wildman–Crippen MR) is 84.6 cm³/mol. The molecule has 1 aliphatic rings. The molecule has 1 saturated carbocycles. The Morgan fingerprint density at radius 2 is 2.00 bits per heavy atom. The molecule has 114 valence electrons. The first-order chi connectivity index (χ1) is 10.1. The van der Waals surface area contributed by atoms with Crippen LogP contribution < -0.4 is 16.0 Å². The lowest BCUT2D eigenvalue weighted by Gasteiger charge is -2.10. The van der Waals surface area contributed by atoms with Gasteiger partial charge in [0.25, 0.3) is 0 Å². The molecule has 2 rings (SSSR count). The summed E-state index contributed by atoms with van der Waals surface area (Å²) in [7, 11) is 0. The maximum atomic E-state index is 11.9. The molecule has 5 nitrogen and oxygen atoms in total. The van der Waals surface area contributed by atoms with Crippen molar-refractivity contribution in [1.29, 1.82) is 0 Å². The monoisotopic (exact) mass is 309 g/mol. The normalized spacial score (nSPS) is 13.8. The SMILES string of the molecule is CCC(=O)Nc1ccc(Cl)c(NC(=O)CCNC2CC2)c1. The lowest BCUT2D eigenvalue weighted by Crippen LogP contribution is -2.23. The van der Waals surface area contributed by atoms with E-state index in [1.165, 1.54) is 12.8 Å². The van der Waals surface area contributed by atoms with Crippen LogP contribution in [-0.2, 0) is 9.59 Å². The van der Waals surface area contributed by atoms with Gasteiger partial charge in [0.1, 0.15) is 0 Å². The number of anilines is 2. The van der Waals surface area contributed by atoms with Crippen LogP contribution in [0.2, 0.25) is 5.02 Å². The summed E-state index contributed by atoms with van der Waals surface area (Å²) in [4.78, 5) is 23.2. The minimum atomic E-state index is -0.0935. The quantitative estimate of drug-likeness (QED) is 0.725. The van der Waals surface area contributed by atoms with Gasteiger partial charge in [0.05, 0.1) is 10.7 Å². The Bertz CT molecular complexity index is 530. The van der Waals surface area contributed by atoms with Crippen LogP contribution in [0.3, 0.4) is 0 Å². The molecule has 2 amide bonds. The van der Waals surface area contributed by atoms with Crippen molar-refractivity contribution in [3.8, 4) is 0 Å². The Morgan fingerprint density at radius 1 is 1.24 bits per heavy atom. The van der Waals surface area contributed by atoms with Crippen LogP contribution in [0.15, 0.2) is 18.2 Å². The topological polar surface area (TPSA) is 70.2 Å². The molecule has 6 heteroatoms. The molecule has 0 radical (unpaired) electrons. The van der Waals surface area contributed by atoms with Crippen molar-refractivity contribution in [3.63, 3.8) is 0 Å². The van der Waals surface area contributed by atoms with Crippen LogP contribution >= 0.6 is 11.6 Å². The molecule has 1 aromatic carbocycles. The number of carbonyl (C=O) groups is 2. The second kappa shape index (κ2) is 7.43. The fourth-order valence-electron chi connectivity index (χ4n) is 1.84. The van der Waals surface area contributed by atoms with E-state index in [1.54, 1.807) is 25.1 Å². The Morgan fingerprint density at radius 3 is 2.67 bits per heavy atom. The Kier molecular flexibility index (Phi) is 5.59. The lowest BCUT2D eigenvalue weighted by molar-refractivity contribution is -0.116. The number of halogens is 1. The second-order valence-electron chi connectivity index (χ2n) is 5.12. The average molecular weight is 310 g/mol. The molecule has 1 aliphatic carbocycles. The van der Waals surface area contributed by atoms with E-state index in [0.29, 0.717) is 41.8 Å².